The molecular weight excluding hydrogens is 438 g/mol. The van der Waals surface area contributed by atoms with Crippen LogP contribution in [0.3, 0.4) is 0 Å². The van der Waals surface area contributed by atoms with Crippen molar-refractivity contribution in [1.29, 1.82) is 0 Å². The van der Waals surface area contributed by atoms with Gasteiger partial charge in [0.25, 0.3) is 0 Å². The van der Waals surface area contributed by atoms with Crippen LogP contribution in [-0.4, -0.2) is 25.0 Å². The number of Topliss-reactive ketones (excluding diaryl/α,β-unsaturated/α-hetero) is 1. The van der Waals surface area contributed by atoms with Gasteiger partial charge in [0, 0.05) is 29.0 Å². The molecule has 5 nitrogen and oxygen atoms in total. The van der Waals surface area contributed by atoms with Gasteiger partial charge in [0.2, 0.25) is 0 Å². The van der Waals surface area contributed by atoms with Gasteiger partial charge in [-0.15, -0.1) is 0 Å². The first kappa shape index (κ1) is 23.4. The number of nitrogens with one attached hydrogen (secondary N) is 1. The van der Waals surface area contributed by atoms with Crippen LogP contribution in [0.25, 0.3) is 0 Å². The number of hydrogen-bond acceptors (Lipinski definition) is 5. The van der Waals surface area contributed by atoms with Gasteiger partial charge in [0.15, 0.2) is 5.78 Å². The van der Waals surface area contributed by atoms with Crippen LogP contribution in [0.1, 0.15) is 74.8 Å². The standard InChI is InChI=1S/C30H33NO4/c1-19-27(30(33)35-22-13-7-4-8-14-22)28(23-15-9-10-16-26(23)34-2)29-24(31-19)17-21(18-25(29)32)20-11-5-3-6-12-20/h3,5-6,9-12,15-16,21-22,28,31H,4,7-8,13-14,17-18H2,1-2H3/t21-,28-/m0/s1. The molecule has 1 aliphatic heterocycles. The van der Waals surface area contributed by atoms with Crippen molar-refractivity contribution in [3.05, 3.63) is 88.3 Å². The Balaban J connectivity index is 1.56. The molecule has 5 heteroatoms. The maximum atomic E-state index is 13.7. The Hall–Kier alpha value is -3.34. The third-order valence-corrected chi connectivity index (χ3v) is 7.59. The average molecular weight is 472 g/mol. The molecule has 0 spiro atoms. The van der Waals surface area contributed by atoms with Crippen molar-refractivity contribution >= 4 is 11.8 Å². The Morgan fingerprint density at radius 3 is 2.40 bits per heavy atom. The number of rotatable bonds is 5. The van der Waals surface area contributed by atoms with E-state index in [0.29, 0.717) is 23.3 Å². The Kier molecular flexibility index (Phi) is 6.76. The third kappa shape index (κ3) is 4.64. The van der Waals surface area contributed by atoms with Gasteiger partial charge in [-0.2, -0.15) is 0 Å². The highest BCUT2D eigenvalue weighted by molar-refractivity contribution is 6.04. The van der Waals surface area contributed by atoms with Crippen LogP contribution in [-0.2, 0) is 14.3 Å². The van der Waals surface area contributed by atoms with E-state index in [2.05, 4.69) is 17.4 Å². The number of carbonyl (C=O) groups excluding carboxylic acids is 2. The first-order valence-corrected chi connectivity index (χ1v) is 12.7. The first-order valence-electron chi connectivity index (χ1n) is 12.7. The van der Waals surface area contributed by atoms with E-state index in [-0.39, 0.29) is 23.8 Å². The molecule has 1 N–H and O–H groups in total. The molecule has 35 heavy (non-hydrogen) atoms. The number of methoxy groups -OCH3 is 1. The van der Waals surface area contributed by atoms with Crippen LogP contribution in [0.2, 0.25) is 0 Å². The predicted molar refractivity (Wildman–Crippen MR) is 135 cm³/mol. The minimum absolute atomic E-state index is 0.0604. The zero-order valence-corrected chi connectivity index (χ0v) is 20.5. The lowest BCUT2D eigenvalue weighted by Gasteiger charge is -2.37. The second kappa shape index (κ2) is 10.1. The van der Waals surface area contributed by atoms with Crippen molar-refractivity contribution in [3.8, 4) is 5.75 Å². The van der Waals surface area contributed by atoms with Crippen molar-refractivity contribution in [2.24, 2.45) is 0 Å². The van der Waals surface area contributed by atoms with Gasteiger partial charge in [-0.1, -0.05) is 55.0 Å². The molecule has 0 amide bonds. The maximum Gasteiger partial charge on any atom is 0.337 e. The molecule has 0 aromatic heterocycles. The van der Waals surface area contributed by atoms with E-state index < -0.39 is 5.92 Å². The fourth-order valence-electron chi connectivity index (χ4n) is 5.88. The summed E-state index contributed by atoms with van der Waals surface area (Å²) in [5.41, 5.74) is 4.82. The Morgan fingerprint density at radius 1 is 0.943 bits per heavy atom. The molecule has 1 saturated carbocycles. The van der Waals surface area contributed by atoms with Crippen LogP contribution < -0.4 is 10.1 Å². The molecule has 2 aromatic rings. The highest BCUT2D eigenvalue weighted by Crippen LogP contribution is 2.47. The summed E-state index contributed by atoms with van der Waals surface area (Å²) in [6.45, 7) is 1.92. The number of carbonyl (C=O) groups is 2. The number of para-hydroxylation sites is 1. The fraction of sp³-hybridized carbons (Fsp3) is 0.400. The van der Waals surface area contributed by atoms with Crippen molar-refractivity contribution < 1.29 is 19.1 Å². The minimum Gasteiger partial charge on any atom is -0.496 e. The molecule has 0 bridgehead atoms. The number of dihydropyridines is 1. The number of hydrogen-bond donors (Lipinski definition) is 1. The average Bonchev–Trinajstić information content (AvgIpc) is 2.88. The quantitative estimate of drug-likeness (QED) is 0.548. The largest absolute Gasteiger partial charge is 0.496 e. The molecule has 0 unspecified atom stereocenters. The van der Waals surface area contributed by atoms with Crippen LogP contribution in [0.15, 0.2) is 77.1 Å². The van der Waals surface area contributed by atoms with Crippen LogP contribution in [0.5, 0.6) is 5.75 Å². The molecule has 0 radical (unpaired) electrons. The van der Waals surface area contributed by atoms with E-state index in [1.807, 2.05) is 49.4 Å². The SMILES string of the molecule is COc1ccccc1[C@H]1C(C(=O)OC2CCCCC2)=C(C)NC2=C1C(=O)C[C@@H](c1ccccc1)C2. The van der Waals surface area contributed by atoms with Gasteiger partial charge >= 0.3 is 5.97 Å². The smallest absolute Gasteiger partial charge is 0.337 e. The zero-order valence-electron chi connectivity index (χ0n) is 20.5. The lowest BCUT2D eigenvalue weighted by molar-refractivity contribution is -0.146. The third-order valence-electron chi connectivity index (χ3n) is 7.59. The number of ketones is 1. The van der Waals surface area contributed by atoms with E-state index in [9.17, 15) is 9.59 Å². The summed E-state index contributed by atoms with van der Waals surface area (Å²) < 4.78 is 11.7. The van der Waals surface area contributed by atoms with Crippen molar-refractivity contribution in [2.75, 3.05) is 7.11 Å². The van der Waals surface area contributed by atoms with E-state index in [4.69, 9.17) is 9.47 Å². The number of allylic oxidation sites excluding steroid dienone is 3. The molecule has 1 fully saturated rings. The predicted octanol–water partition coefficient (Wildman–Crippen LogP) is 5.93. The number of ether oxygens (including phenoxy) is 2. The molecule has 1 heterocycles. The molecule has 2 atom stereocenters. The molecule has 182 valence electrons. The van der Waals surface area contributed by atoms with Crippen LogP contribution >= 0.6 is 0 Å². The summed E-state index contributed by atoms with van der Waals surface area (Å²) in [4.78, 5) is 27.4. The Bertz CT molecular complexity index is 1170. The molecule has 3 aliphatic rings. The monoisotopic (exact) mass is 471 g/mol. The van der Waals surface area contributed by atoms with Gasteiger partial charge in [0.05, 0.1) is 18.6 Å². The van der Waals surface area contributed by atoms with Crippen molar-refractivity contribution in [3.63, 3.8) is 0 Å². The topological polar surface area (TPSA) is 64.6 Å². The summed E-state index contributed by atoms with van der Waals surface area (Å²) >= 11 is 0. The Morgan fingerprint density at radius 2 is 1.66 bits per heavy atom. The zero-order chi connectivity index (χ0) is 24.4. The van der Waals surface area contributed by atoms with Gasteiger partial charge < -0.3 is 14.8 Å². The number of esters is 1. The molecule has 2 aliphatic carbocycles. The first-order chi connectivity index (χ1) is 17.1. The maximum absolute atomic E-state index is 13.7. The van der Waals surface area contributed by atoms with Crippen LogP contribution in [0.4, 0.5) is 0 Å². The summed E-state index contributed by atoms with van der Waals surface area (Å²) in [6.07, 6.45) is 6.23. The van der Waals surface area contributed by atoms with Gasteiger partial charge in [-0.05, 0) is 56.6 Å². The highest BCUT2D eigenvalue weighted by Gasteiger charge is 2.42. The number of benzene rings is 2. The van der Waals surface area contributed by atoms with Crippen molar-refractivity contribution in [1.82, 2.24) is 5.32 Å². The van der Waals surface area contributed by atoms with Crippen molar-refractivity contribution in [2.45, 2.75) is 69.8 Å². The highest BCUT2D eigenvalue weighted by atomic mass is 16.5. The molecule has 2 aromatic carbocycles. The lowest BCUT2D eigenvalue weighted by atomic mass is 9.71. The van der Waals surface area contributed by atoms with E-state index >= 15 is 0 Å². The summed E-state index contributed by atoms with van der Waals surface area (Å²) in [5, 5.41) is 3.45. The van der Waals surface area contributed by atoms with Gasteiger partial charge in [0.1, 0.15) is 11.9 Å². The summed E-state index contributed by atoms with van der Waals surface area (Å²) in [6, 6.07) is 17.9. The minimum atomic E-state index is -0.511. The van der Waals surface area contributed by atoms with Crippen LogP contribution in [0, 0.1) is 0 Å². The van der Waals surface area contributed by atoms with E-state index in [1.165, 1.54) is 6.42 Å². The fourth-order valence-corrected chi connectivity index (χ4v) is 5.88. The second-order valence-electron chi connectivity index (χ2n) is 9.84. The normalized spacial score (nSPS) is 23.0. The van der Waals surface area contributed by atoms with Gasteiger partial charge in [-0.3, -0.25) is 4.79 Å². The summed E-state index contributed by atoms with van der Waals surface area (Å²) in [5.74, 6) is 0.000775. The second-order valence-corrected chi connectivity index (χ2v) is 9.84. The lowest BCUT2D eigenvalue weighted by Crippen LogP contribution is -2.37. The van der Waals surface area contributed by atoms with Gasteiger partial charge in [-0.25, -0.2) is 4.79 Å². The van der Waals surface area contributed by atoms with E-state index in [1.54, 1.807) is 7.11 Å². The molecule has 0 saturated heterocycles. The summed E-state index contributed by atoms with van der Waals surface area (Å²) in [7, 11) is 1.62. The Labute approximate surface area is 207 Å². The van der Waals surface area contributed by atoms with E-state index in [0.717, 1.165) is 54.6 Å². The molecular formula is C30H33NO4. The molecule has 5 rings (SSSR count).